The Balaban J connectivity index is 2.08. The fraction of sp³-hybridized carbons (Fsp3) is 0.286. The van der Waals surface area contributed by atoms with Gasteiger partial charge in [-0.15, -0.1) is 13.2 Å². The molecule has 0 fully saturated rings. The summed E-state index contributed by atoms with van der Waals surface area (Å²) in [5, 5.41) is 10.5. The number of aromatic nitrogens is 1. The molecule has 2 heterocycles. The van der Waals surface area contributed by atoms with Gasteiger partial charge < -0.3 is 9.84 Å². The lowest BCUT2D eigenvalue weighted by atomic mass is 9.83. The number of pyridine rings is 1. The third-order valence-corrected chi connectivity index (χ3v) is 4.45. The van der Waals surface area contributed by atoms with E-state index in [2.05, 4.69) is 9.72 Å². The average Bonchev–Trinajstić information content (AvgIpc) is 2.92. The first-order valence-corrected chi connectivity index (χ1v) is 8.98. The summed E-state index contributed by atoms with van der Waals surface area (Å²) in [6.45, 7) is 4.96. The maximum absolute atomic E-state index is 13.0. The Kier molecular flexibility index (Phi) is 5.32. The van der Waals surface area contributed by atoms with E-state index in [9.17, 15) is 27.9 Å². The Morgan fingerprint density at radius 3 is 2.23 bits per heavy atom. The monoisotopic (exact) mass is 420 g/mol. The van der Waals surface area contributed by atoms with Gasteiger partial charge in [-0.2, -0.15) is 0 Å². The molecule has 158 valence electrons. The van der Waals surface area contributed by atoms with Crippen molar-refractivity contribution in [3.05, 3.63) is 65.7 Å². The highest BCUT2D eigenvalue weighted by Crippen LogP contribution is 2.43. The average molecular weight is 420 g/mol. The molecule has 9 heteroatoms. The zero-order valence-corrected chi connectivity index (χ0v) is 16.4. The minimum Gasteiger partial charge on any atom is -0.503 e. The summed E-state index contributed by atoms with van der Waals surface area (Å²) in [5.74, 6) is -2.46. The van der Waals surface area contributed by atoms with Gasteiger partial charge in [0.1, 0.15) is 11.8 Å². The number of hydrogen-bond acceptors (Lipinski definition) is 5. The van der Waals surface area contributed by atoms with E-state index in [0.717, 1.165) is 17.0 Å². The number of rotatable bonds is 4. The predicted octanol–water partition coefficient (Wildman–Crippen LogP) is 4.50. The molecule has 0 radical (unpaired) electrons. The molecule has 0 saturated heterocycles. The van der Waals surface area contributed by atoms with Crippen molar-refractivity contribution in [2.45, 2.75) is 33.2 Å². The maximum atomic E-state index is 13.0. The SMILES string of the molecule is CC(C)(C)C(=O)C1=C(O)C(=O)N(c2ccc(OC(F)(F)F)cc2)C1c1ccccn1. The van der Waals surface area contributed by atoms with E-state index in [4.69, 9.17) is 0 Å². The van der Waals surface area contributed by atoms with E-state index in [1.54, 1.807) is 39.0 Å². The number of carbonyl (C=O) groups excluding carboxylic acids is 2. The van der Waals surface area contributed by atoms with Gasteiger partial charge in [-0.05, 0) is 36.4 Å². The standard InChI is InChI=1S/C21H19F3N2O4/c1-20(2,3)18(28)15-16(14-6-4-5-11-25-14)26(19(29)17(15)27)12-7-9-13(10-8-12)30-21(22,23)24/h4-11,16,27H,1-3H3. The molecule has 6 nitrogen and oxygen atoms in total. The molecule has 1 aliphatic rings. The topological polar surface area (TPSA) is 79.7 Å². The Labute approximate surface area is 170 Å². The summed E-state index contributed by atoms with van der Waals surface area (Å²) in [6.07, 6.45) is -3.37. The molecule has 0 aliphatic carbocycles. The number of ether oxygens (including phenoxy) is 1. The molecule has 1 aromatic heterocycles. The third-order valence-electron chi connectivity index (χ3n) is 4.45. The molecule has 1 aromatic carbocycles. The number of hydrogen-bond donors (Lipinski definition) is 1. The fourth-order valence-electron chi connectivity index (χ4n) is 3.13. The lowest BCUT2D eigenvalue weighted by Gasteiger charge is -2.28. The molecule has 30 heavy (non-hydrogen) atoms. The molecule has 0 saturated carbocycles. The van der Waals surface area contributed by atoms with Crippen molar-refractivity contribution in [2.75, 3.05) is 4.90 Å². The molecule has 0 spiro atoms. The lowest BCUT2D eigenvalue weighted by molar-refractivity contribution is -0.274. The van der Waals surface area contributed by atoms with Gasteiger partial charge >= 0.3 is 6.36 Å². The van der Waals surface area contributed by atoms with Crippen LogP contribution in [0.3, 0.4) is 0 Å². The second-order valence-electron chi connectivity index (χ2n) is 7.72. The second kappa shape index (κ2) is 7.47. The lowest BCUT2D eigenvalue weighted by Crippen LogP contribution is -2.33. The van der Waals surface area contributed by atoms with Gasteiger partial charge in [0.05, 0.1) is 11.3 Å². The Morgan fingerprint density at radius 1 is 1.10 bits per heavy atom. The molecule has 2 aromatic rings. The van der Waals surface area contributed by atoms with E-state index in [-0.39, 0.29) is 11.3 Å². The summed E-state index contributed by atoms with van der Waals surface area (Å²) in [7, 11) is 0. The van der Waals surface area contributed by atoms with Crippen molar-refractivity contribution in [2.24, 2.45) is 5.41 Å². The minimum absolute atomic E-state index is 0.109. The van der Waals surface area contributed by atoms with E-state index in [0.29, 0.717) is 5.69 Å². The van der Waals surface area contributed by atoms with Crippen LogP contribution in [0, 0.1) is 5.41 Å². The van der Waals surface area contributed by atoms with Crippen LogP contribution in [-0.4, -0.2) is 28.1 Å². The number of ketones is 1. The van der Waals surface area contributed by atoms with Crippen LogP contribution in [0.15, 0.2) is 60.0 Å². The largest absolute Gasteiger partial charge is 0.573 e. The van der Waals surface area contributed by atoms with Crippen LogP contribution in [0.1, 0.15) is 32.5 Å². The first kappa shape index (κ1) is 21.4. The van der Waals surface area contributed by atoms with Crippen LogP contribution in [0.4, 0.5) is 18.9 Å². The van der Waals surface area contributed by atoms with Crippen LogP contribution < -0.4 is 9.64 Å². The van der Waals surface area contributed by atoms with E-state index in [1.165, 1.54) is 18.3 Å². The number of anilines is 1. The zero-order valence-electron chi connectivity index (χ0n) is 16.4. The van der Waals surface area contributed by atoms with Gasteiger partial charge in [0.15, 0.2) is 11.5 Å². The van der Waals surface area contributed by atoms with E-state index in [1.807, 2.05) is 0 Å². The number of carbonyl (C=O) groups is 2. The minimum atomic E-state index is -4.85. The van der Waals surface area contributed by atoms with Crippen molar-refractivity contribution >= 4 is 17.4 Å². The molecule has 1 N–H and O–H groups in total. The van der Waals surface area contributed by atoms with Gasteiger partial charge in [-0.3, -0.25) is 19.5 Å². The van der Waals surface area contributed by atoms with Gasteiger partial charge in [0.25, 0.3) is 5.91 Å². The summed E-state index contributed by atoms with van der Waals surface area (Å²) in [6, 6.07) is 8.47. The highest BCUT2D eigenvalue weighted by molar-refractivity contribution is 6.17. The summed E-state index contributed by atoms with van der Waals surface area (Å²) < 4.78 is 41.1. The fourth-order valence-corrected chi connectivity index (χ4v) is 3.13. The zero-order chi connectivity index (χ0) is 22.3. The molecule has 0 bridgehead atoms. The number of benzene rings is 1. The van der Waals surface area contributed by atoms with Gasteiger partial charge in [0.2, 0.25) is 0 Å². The Morgan fingerprint density at radius 2 is 1.73 bits per heavy atom. The number of halogens is 3. The first-order chi connectivity index (χ1) is 13.9. The Hall–Kier alpha value is -3.36. The van der Waals surface area contributed by atoms with Crippen molar-refractivity contribution < 1.29 is 32.6 Å². The third kappa shape index (κ3) is 4.14. The predicted molar refractivity (Wildman–Crippen MR) is 102 cm³/mol. The maximum Gasteiger partial charge on any atom is 0.573 e. The quantitative estimate of drug-likeness (QED) is 0.788. The highest BCUT2D eigenvalue weighted by Gasteiger charge is 2.47. The Bertz CT molecular complexity index is 994. The van der Waals surface area contributed by atoms with Crippen LogP contribution in [-0.2, 0) is 9.59 Å². The van der Waals surface area contributed by atoms with Crippen LogP contribution >= 0.6 is 0 Å². The molecule has 1 amide bonds. The highest BCUT2D eigenvalue weighted by atomic mass is 19.4. The number of alkyl halides is 3. The normalized spacial score (nSPS) is 17.5. The first-order valence-electron chi connectivity index (χ1n) is 8.98. The number of Topliss-reactive ketones (excluding diaryl/α,β-unsaturated/α-hetero) is 1. The van der Waals surface area contributed by atoms with Gasteiger partial charge in [0, 0.05) is 17.3 Å². The number of aliphatic hydroxyl groups excluding tert-OH is 1. The van der Waals surface area contributed by atoms with Gasteiger partial charge in [-0.25, -0.2) is 0 Å². The molecule has 1 aliphatic heterocycles. The number of aliphatic hydroxyl groups is 1. The van der Waals surface area contributed by atoms with Crippen molar-refractivity contribution in [1.29, 1.82) is 0 Å². The molecule has 1 unspecified atom stereocenters. The van der Waals surface area contributed by atoms with E-state index >= 15 is 0 Å². The number of nitrogens with zero attached hydrogens (tertiary/aromatic N) is 2. The summed E-state index contributed by atoms with van der Waals surface area (Å²) in [5.41, 5.74) is -0.495. The molecular formula is C21H19F3N2O4. The van der Waals surface area contributed by atoms with Crippen LogP contribution in [0.2, 0.25) is 0 Å². The smallest absolute Gasteiger partial charge is 0.503 e. The van der Waals surface area contributed by atoms with Crippen molar-refractivity contribution in [1.82, 2.24) is 4.98 Å². The van der Waals surface area contributed by atoms with Crippen LogP contribution in [0.5, 0.6) is 5.75 Å². The molecule has 3 rings (SSSR count). The number of amides is 1. The molecule has 1 atom stereocenters. The van der Waals surface area contributed by atoms with Crippen molar-refractivity contribution in [3.63, 3.8) is 0 Å². The second-order valence-corrected chi connectivity index (χ2v) is 7.72. The van der Waals surface area contributed by atoms with Gasteiger partial charge in [-0.1, -0.05) is 26.8 Å². The molecular weight excluding hydrogens is 401 g/mol. The van der Waals surface area contributed by atoms with Crippen LogP contribution in [0.25, 0.3) is 0 Å². The summed E-state index contributed by atoms with van der Waals surface area (Å²) >= 11 is 0. The van der Waals surface area contributed by atoms with Crippen molar-refractivity contribution in [3.8, 4) is 5.75 Å². The van der Waals surface area contributed by atoms with E-state index < -0.39 is 41.0 Å². The summed E-state index contributed by atoms with van der Waals surface area (Å²) in [4.78, 5) is 31.3.